The first kappa shape index (κ1) is 13.7. The zero-order valence-corrected chi connectivity index (χ0v) is 10.9. The first-order valence-corrected chi connectivity index (χ1v) is 6.15. The third kappa shape index (κ3) is 4.19. The molecule has 0 aromatic heterocycles. The Kier molecular flexibility index (Phi) is 5.70. The maximum absolute atomic E-state index is 11.2. The molecule has 0 unspecified atom stereocenters. The number of benzene rings is 1. The van der Waals surface area contributed by atoms with Crippen molar-refractivity contribution in [3.8, 4) is 0 Å². The van der Waals surface area contributed by atoms with Crippen LogP contribution in [-0.2, 0) is 22.6 Å². The number of hydrogen-bond donors (Lipinski definition) is 1. The van der Waals surface area contributed by atoms with Crippen LogP contribution in [-0.4, -0.2) is 12.5 Å². The summed E-state index contributed by atoms with van der Waals surface area (Å²) in [6.45, 7) is 6.88. The molecule has 0 spiro atoms. The maximum atomic E-state index is 11.2. The van der Waals surface area contributed by atoms with Crippen molar-refractivity contribution in [2.24, 2.45) is 0 Å². The van der Waals surface area contributed by atoms with E-state index >= 15 is 0 Å². The molecule has 0 heterocycles. The lowest BCUT2D eigenvalue weighted by molar-refractivity contribution is -0.114. The fraction of sp³-hybridized carbons (Fsp3) is 0.500. The molecule has 0 aliphatic rings. The van der Waals surface area contributed by atoms with Crippen molar-refractivity contribution < 1.29 is 9.53 Å². The molecule has 1 aromatic carbocycles. The Hall–Kier alpha value is -1.35. The monoisotopic (exact) mass is 235 g/mol. The molecular weight excluding hydrogens is 214 g/mol. The zero-order chi connectivity index (χ0) is 12.7. The Morgan fingerprint density at radius 2 is 2.12 bits per heavy atom. The van der Waals surface area contributed by atoms with Crippen molar-refractivity contribution in [1.82, 2.24) is 0 Å². The Morgan fingerprint density at radius 1 is 1.35 bits per heavy atom. The van der Waals surface area contributed by atoms with E-state index in [9.17, 15) is 4.79 Å². The van der Waals surface area contributed by atoms with Crippen molar-refractivity contribution in [1.29, 1.82) is 0 Å². The second kappa shape index (κ2) is 7.07. The molecule has 0 saturated heterocycles. The smallest absolute Gasteiger partial charge is 0.221 e. The van der Waals surface area contributed by atoms with E-state index in [0.717, 1.165) is 24.1 Å². The van der Waals surface area contributed by atoms with Crippen LogP contribution in [0.25, 0.3) is 0 Å². The van der Waals surface area contributed by atoms with Gasteiger partial charge in [0, 0.05) is 24.8 Å². The van der Waals surface area contributed by atoms with E-state index in [-0.39, 0.29) is 5.91 Å². The Morgan fingerprint density at radius 3 is 2.71 bits per heavy atom. The highest BCUT2D eigenvalue weighted by molar-refractivity contribution is 5.89. The molecule has 17 heavy (non-hydrogen) atoms. The number of nitrogens with one attached hydrogen (secondary N) is 1. The predicted octanol–water partition coefficient (Wildman–Crippen LogP) is 3.13. The highest BCUT2D eigenvalue weighted by Crippen LogP contribution is 2.22. The summed E-state index contributed by atoms with van der Waals surface area (Å²) in [4.78, 5) is 11.2. The van der Waals surface area contributed by atoms with Gasteiger partial charge in [-0.2, -0.15) is 0 Å². The van der Waals surface area contributed by atoms with Gasteiger partial charge in [0.05, 0.1) is 6.61 Å². The van der Waals surface area contributed by atoms with Crippen LogP contribution >= 0.6 is 0 Å². The molecule has 0 bridgehead atoms. The van der Waals surface area contributed by atoms with E-state index in [1.165, 1.54) is 12.5 Å². The number of rotatable bonds is 6. The highest BCUT2D eigenvalue weighted by Gasteiger charge is 2.08. The van der Waals surface area contributed by atoms with Gasteiger partial charge in [-0.25, -0.2) is 0 Å². The van der Waals surface area contributed by atoms with Gasteiger partial charge in [-0.05, 0) is 25.0 Å². The lowest BCUT2D eigenvalue weighted by atomic mass is 10.0. The molecule has 3 heteroatoms. The van der Waals surface area contributed by atoms with Gasteiger partial charge in [0.25, 0.3) is 0 Å². The number of hydrogen-bond acceptors (Lipinski definition) is 2. The fourth-order valence-electron chi connectivity index (χ4n) is 1.82. The normalized spacial score (nSPS) is 10.3. The van der Waals surface area contributed by atoms with E-state index < -0.39 is 0 Å². The standard InChI is InChI=1S/C14H21NO2/c1-4-7-12-8-6-9-14(15-11(3)16)13(12)10-17-5-2/h6,8-9H,4-5,7,10H2,1-3H3,(H,15,16). The van der Waals surface area contributed by atoms with Gasteiger partial charge in [-0.1, -0.05) is 25.5 Å². The first-order valence-electron chi connectivity index (χ1n) is 6.15. The average Bonchev–Trinajstić information content (AvgIpc) is 2.28. The lowest BCUT2D eigenvalue weighted by Crippen LogP contribution is -2.10. The van der Waals surface area contributed by atoms with Crippen LogP contribution in [0.3, 0.4) is 0 Å². The van der Waals surface area contributed by atoms with Crippen molar-refractivity contribution in [3.05, 3.63) is 29.3 Å². The Labute approximate surface area is 103 Å². The van der Waals surface area contributed by atoms with Crippen LogP contribution in [0.2, 0.25) is 0 Å². The molecule has 1 rings (SSSR count). The molecular formula is C14H21NO2. The number of carbonyl (C=O) groups excluding carboxylic acids is 1. The van der Waals surface area contributed by atoms with Crippen molar-refractivity contribution in [2.45, 2.75) is 40.2 Å². The summed E-state index contributed by atoms with van der Waals surface area (Å²) in [5.41, 5.74) is 3.23. The van der Waals surface area contributed by atoms with Gasteiger partial charge in [0.1, 0.15) is 0 Å². The molecule has 3 nitrogen and oxygen atoms in total. The summed E-state index contributed by atoms with van der Waals surface area (Å²) in [6.07, 6.45) is 2.10. The molecule has 0 fully saturated rings. The van der Waals surface area contributed by atoms with Crippen molar-refractivity contribution >= 4 is 11.6 Å². The molecule has 94 valence electrons. The van der Waals surface area contributed by atoms with Crippen LogP contribution < -0.4 is 5.32 Å². The molecule has 1 aromatic rings. The van der Waals surface area contributed by atoms with Gasteiger partial charge >= 0.3 is 0 Å². The summed E-state index contributed by atoms with van der Waals surface area (Å²) in [6, 6.07) is 6.00. The minimum atomic E-state index is -0.0450. The third-order valence-electron chi connectivity index (χ3n) is 2.55. The Bertz CT molecular complexity index is 374. The van der Waals surface area contributed by atoms with E-state index in [1.807, 2.05) is 19.1 Å². The number of anilines is 1. The van der Waals surface area contributed by atoms with E-state index in [2.05, 4.69) is 18.3 Å². The predicted molar refractivity (Wildman–Crippen MR) is 70.1 cm³/mol. The van der Waals surface area contributed by atoms with Gasteiger partial charge in [0.15, 0.2) is 0 Å². The molecule has 1 N–H and O–H groups in total. The van der Waals surface area contributed by atoms with Crippen LogP contribution in [0, 0.1) is 0 Å². The summed E-state index contributed by atoms with van der Waals surface area (Å²) in [5.74, 6) is -0.0450. The molecule has 1 amide bonds. The number of amides is 1. The summed E-state index contributed by atoms with van der Waals surface area (Å²) in [7, 11) is 0. The second-order valence-corrected chi connectivity index (χ2v) is 4.01. The third-order valence-corrected chi connectivity index (χ3v) is 2.55. The van der Waals surface area contributed by atoms with Crippen LogP contribution in [0.4, 0.5) is 5.69 Å². The lowest BCUT2D eigenvalue weighted by Gasteiger charge is -2.14. The fourth-order valence-corrected chi connectivity index (χ4v) is 1.82. The minimum absolute atomic E-state index is 0.0450. The first-order chi connectivity index (χ1) is 8.19. The van der Waals surface area contributed by atoms with E-state index in [4.69, 9.17) is 4.74 Å². The van der Waals surface area contributed by atoms with Crippen LogP contribution in [0.5, 0.6) is 0 Å². The topological polar surface area (TPSA) is 38.3 Å². The van der Waals surface area contributed by atoms with Gasteiger partial charge in [-0.15, -0.1) is 0 Å². The number of aryl methyl sites for hydroxylation is 1. The molecule has 0 aliphatic heterocycles. The van der Waals surface area contributed by atoms with Gasteiger partial charge < -0.3 is 10.1 Å². The second-order valence-electron chi connectivity index (χ2n) is 4.01. The molecule has 0 atom stereocenters. The molecule has 0 saturated carbocycles. The summed E-state index contributed by atoms with van der Waals surface area (Å²) in [5, 5.41) is 2.86. The van der Waals surface area contributed by atoms with Crippen molar-refractivity contribution in [2.75, 3.05) is 11.9 Å². The summed E-state index contributed by atoms with van der Waals surface area (Å²) < 4.78 is 5.48. The zero-order valence-electron chi connectivity index (χ0n) is 10.9. The minimum Gasteiger partial charge on any atom is -0.377 e. The quantitative estimate of drug-likeness (QED) is 0.822. The Balaban J connectivity index is 3.00. The van der Waals surface area contributed by atoms with Crippen LogP contribution in [0.15, 0.2) is 18.2 Å². The SMILES string of the molecule is CCCc1cccc(NC(C)=O)c1COCC. The van der Waals surface area contributed by atoms with Crippen LogP contribution in [0.1, 0.15) is 38.3 Å². The highest BCUT2D eigenvalue weighted by atomic mass is 16.5. The van der Waals surface area contributed by atoms with E-state index in [0.29, 0.717) is 13.2 Å². The van der Waals surface area contributed by atoms with Crippen molar-refractivity contribution in [3.63, 3.8) is 0 Å². The molecule has 0 radical (unpaired) electrons. The van der Waals surface area contributed by atoms with Gasteiger partial charge in [-0.3, -0.25) is 4.79 Å². The number of ether oxygens (including phenoxy) is 1. The largest absolute Gasteiger partial charge is 0.377 e. The maximum Gasteiger partial charge on any atom is 0.221 e. The van der Waals surface area contributed by atoms with E-state index in [1.54, 1.807) is 0 Å². The molecule has 0 aliphatic carbocycles. The summed E-state index contributed by atoms with van der Waals surface area (Å²) >= 11 is 0. The number of carbonyl (C=O) groups is 1. The average molecular weight is 235 g/mol. The van der Waals surface area contributed by atoms with Gasteiger partial charge in [0.2, 0.25) is 5.91 Å².